The van der Waals surface area contributed by atoms with Gasteiger partial charge in [-0.2, -0.15) is 5.26 Å². The van der Waals surface area contributed by atoms with E-state index in [1.807, 2.05) is 19.1 Å². The second-order valence-corrected chi connectivity index (χ2v) is 3.17. The van der Waals surface area contributed by atoms with Crippen LogP contribution in [0.25, 0.3) is 0 Å². The Labute approximate surface area is 89.7 Å². The molecule has 4 heteroatoms. The second-order valence-electron chi connectivity index (χ2n) is 3.17. The minimum absolute atomic E-state index is 0.396. The quantitative estimate of drug-likeness (QED) is 0.785. The molecule has 1 aromatic rings. The fraction of sp³-hybridized carbons (Fsp3) is 0.455. The summed E-state index contributed by atoms with van der Waals surface area (Å²) in [6, 6.07) is 5.75. The molecule has 0 amide bonds. The van der Waals surface area contributed by atoms with E-state index in [0.29, 0.717) is 18.7 Å². The molecule has 2 N–H and O–H groups in total. The average Bonchev–Trinajstić information content (AvgIpc) is 2.28. The maximum Gasteiger partial charge on any atom is 0.184 e. The number of ether oxygens (including phenoxy) is 1. The number of pyridine rings is 1. The van der Waals surface area contributed by atoms with Crippen LogP contribution in [0.1, 0.15) is 19.0 Å². The fourth-order valence-corrected chi connectivity index (χ4v) is 1.14. The first-order chi connectivity index (χ1) is 7.30. The molecule has 1 unspecified atom stereocenters. The zero-order valence-corrected chi connectivity index (χ0v) is 8.81. The van der Waals surface area contributed by atoms with Crippen LogP contribution in [0.4, 0.5) is 0 Å². The highest BCUT2D eigenvalue weighted by Crippen LogP contribution is 2.12. The van der Waals surface area contributed by atoms with Gasteiger partial charge in [0.2, 0.25) is 0 Å². The highest BCUT2D eigenvalue weighted by Gasteiger charge is 2.05. The number of aromatic nitrogens is 1. The summed E-state index contributed by atoms with van der Waals surface area (Å²) < 4.78 is 5.39. The number of nitrogens with two attached hydrogens (primary N) is 1. The standard InChI is InChI=1S/C11H15N3O/c1-2-10(7-13)15-11-4-3-9(5-6-12)14-8-11/h3-4,8,10H,2,5-6,12H2,1H3. The van der Waals surface area contributed by atoms with Gasteiger partial charge in [0, 0.05) is 12.1 Å². The van der Waals surface area contributed by atoms with Crippen molar-refractivity contribution in [2.75, 3.05) is 6.54 Å². The van der Waals surface area contributed by atoms with Crippen molar-refractivity contribution < 1.29 is 4.74 Å². The summed E-state index contributed by atoms with van der Waals surface area (Å²) >= 11 is 0. The predicted molar refractivity (Wildman–Crippen MR) is 57.3 cm³/mol. The van der Waals surface area contributed by atoms with Gasteiger partial charge in [-0.3, -0.25) is 4.98 Å². The molecule has 80 valence electrons. The SMILES string of the molecule is CCC(C#N)Oc1ccc(CCN)nc1. The third-order valence-electron chi connectivity index (χ3n) is 1.99. The molecule has 0 aromatic carbocycles. The molecule has 1 heterocycles. The lowest BCUT2D eigenvalue weighted by Crippen LogP contribution is -2.12. The lowest BCUT2D eigenvalue weighted by molar-refractivity contribution is 0.251. The van der Waals surface area contributed by atoms with Gasteiger partial charge >= 0.3 is 0 Å². The van der Waals surface area contributed by atoms with Gasteiger partial charge in [-0.1, -0.05) is 6.92 Å². The summed E-state index contributed by atoms with van der Waals surface area (Å²) in [6.45, 7) is 2.49. The summed E-state index contributed by atoms with van der Waals surface area (Å²) in [5, 5.41) is 8.71. The topological polar surface area (TPSA) is 71.9 Å². The predicted octanol–water partition coefficient (Wildman–Crippen LogP) is 1.26. The number of hydrogen-bond acceptors (Lipinski definition) is 4. The van der Waals surface area contributed by atoms with Gasteiger partial charge in [-0.05, 0) is 25.1 Å². The van der Waals surface area contributed by atoms with E-state index in [4.69, 9.17) is 15.7 Å². The van der Waals surface area contributed by atoms with Crippen molar-refractivity contribution in [2.45, 2.75) is 25.9 Å². The van der Waals surface area contributed by atoms with Crippen LogP contribution in [0.2, 0.25) is 0 Å². The Bertz CT molecular complexity index is 329. The first-order valence-electron chi connectivity index (χ1n) is 5.01. The molecule has 0 bridgehead atoms. The first-order valence-corrected chi connectivity index (χ1v) is 5.01. The van der Waals surface area contributed by atoms with E-state index in [2.05, 4.69) is 11.1 Å². The lowest BCUT2D eigenvalue weighted by atomic mass is 10.2. The molecule has 0 saturated carbocycles. The number of rotatable bonds is 5. The van der Waals surface area contributed by atoms with E-state index in [0.717, 1.165) is 12.1 Å². The van der Waals surface area contributed by atoms with Gasteiger partial charge in [0.05, 0.1) is 6.20 Å². The Kier molecular flexibility index (Phi) is 4.58. The number of hydrogen-bond donors (Lipinski definition) is 1. The van der Waals surface area contributed by atoms with Crippen LogP contribution < -0.4 is 10.5 Å². The maximum absolute atomic E-state index is 8.71. The Morgan fingerprint density at radius 1 is 1.60 bits per heavy atom. The van der Waals surface area contributed by atoms with Gasteiger partial charge in [0.15, 0.2) is 6.10 Å². The number of nitrogens with zero attached hydrogens (tertiary/aromatic N) is 2. The molecule has 0 spiro atoms. The Hall–Kier alpha value is -1.60. The fourth-order valence-electron chi connectivity index (χ4n) is 1.14. The van der Waals surface area contributed by atoms with Gasteiger partial charge in [0.25, 0.3) is 0 Å². The van der Waals surface area contributed by atoms with Crippen molar-refractivity contribution in [3.05, 3.63) is 24.0 Å². The molecular weight excluding hydrogens is 190 g/mol. The minimum Gasteiger partial charge on any atom is -0.474 e. The third-order valence-corrected chi connectivity index (χ3v) is 1.99. The Morgan fingerprint density at radius 2 is 2.40 bits per heavy atom. The van der Waals surface area contributed by atoms with E-state index < -0.39 is 6.10 Å². The molecule has 0 aliphatic carbocycles. The molecule has 0 radical (unpaired) electrons. The van der Waals surface area contributed by atoms with Crippen LogP contribution >= 0.6 is 0 Å². The van der Waals surface area contributed by atoms with Crippen LogP contribution in [-0.2, 0) is 6.42 Å². The summed E-state index contributed by atoms with van der Waals surface area (Å²) in [4.78, 5) is 4.18. The van der Waals surface area contributed by atoms with Crippen molar-refractivity contribution in [2.24, 2.45) is 5.73 Å². The zero-order valence-electron chi connectivity index (χ0n) is 8.81. The van der Waals surface area contributed by atoms with E-state index in [1.165, 1.54) is 0 Å². The van der Waals surface area contributed by atoms with Crippen LogP contribution in [0.5, 0.6) is 5.75 Å². The van der Waals surface area contributed by atoms with Crippen molar-refractivity contribution >= 4 is 0 Å². The lowest BCUT2D eigenvalue weighted by Gasteiger charge is -2.09. The van der Waals surface area contributed by atoms with Crippen LogP contribution in [-0.4, -0.2) is 17.6 Å². The van der Waals surface area contributed by atoms with E-state index in [9.17, 15) is 0 Å². The van der Waals surface area contributed by atoms with E-state index >= 15 is 0 Å². The van der Waals surface area contributed by atoms with Crippen molar-refractivity contribution in [3.63, 3.8) is 0 Å². The summed E-state index contributed by atoms with van der Waals surface area (Å²) in [6.07, 6.45) is 2.66. The molecule has 0 aliphatic heterocycles. The smallest absolute Gasteiger partial charge is 0.184 e. The molecule has 4 nitrogen and oxygen atoms in total. The van der Waals surface area contributed by atoms with Crippen molar-refractivity contribution in [3.8, 4) is 11.8 Å². The molecule has 0 fully saturated rings. The average molecular weight is 205 g/mol. The largest absolute Gasteiger partial charge is 0.474 e. The summed E-state index contributed by atoms with van der Waals surface area (Å²) in [5.41, 5.74) is 6.35. The maximum atomic E-state index is 8.71. The minimum atomic E-state index is -0.396. The molecular formula is C11H15N3O. The molecule has 1 rings (SSSR count). The van der Waals surface area contributed by atoms with Crippen LogP contribution in [0.3, 0.4) is 0 Å². The second kappa shape index (κ2) is 5.99. The molecule has 15 heavy (non-hydrogen) atoms. The van der Waals surface area contributed by atoms with Crippen molar-refractivity contribution in [1.29, 1.82) is 5.26 Å². The molecule has 0 aliphatic rings. The Morgan fingerprint density at radius 3 is 2.87 bits per heavy atom. The monoisotopic (exact) mass is 205 g/mol. The van der Waals surface area contributed by atoms with Gasteiger partial charge < -0.3 is 10.5 Å². The number of nitriles is 1. The normalized spacial score (nSPS) is 11.8. The van der Waals surface area contributed by atoms with E-state index in [-0.39, 0.29) is 0 Å². The van der Waals surface area contributed by atoms with Crippen LogP contribution in [0, 0.1) is 11.3 Å². The zero-order chi connectivity index (χ0) is 11.1. The molecule has 1 aromatic heterocycles. The first kappa shape index (κ1) is 11.5. The summed E-state index contributed by atoms with van der Waals surface area (Å²) in [7, 11) is 0. The van der Waals surface area contributed by atoms with Gasteiger partial charge in [-0.25, -0.2) is 0 Å². The Balaban J connectivity index is 2.60. The van der Waals surface area contributed by atoms with Gasteiger partial charge in [-0.15, -0.1) is 0 Å². The highest BCUT2D eigenvalue weighted by atomic mass is 16.5. The van der Waals surface area contributed by atoms with Crippen molar-refractivity contribution in [1.82, 2.24) is 4.98 Å². The summed E-state index contributed by atoms with van der Waals surface area (Å²) in [5.74, 6) is 0.629. The highest BCUT2D eigenvalue weighted by molar-refractivity contribution is 5.21. The van der Waals surface area contributed by atoms with E-state index in [1.54, 1.807) is 6.20 Å². The van der Waals surface area contributed by atoms with Gasteiger partial charge in [0.1, 0.15) is 11.8 Å². The molecule has 0 saturated heterocycles. The van der Waals surface area contributed by atoms with Crippen LogP contribution in [0.15, 0.2) is 18.3 Å². The molecule has 1 atom stereocenters. The third kappa shape index (κ3) is 3.56.